The lowest BCUT2D eigenvalue weighted by molar-refractivity contribution is -0.147. The van der Waals surface area contributed by atoms with Gasteiger partial charge in [0, 0.05) is 49.6 Å². The summed E-state index contributed by atoms with van der Waals surface area (Å²) in [5, 5.41) is 6.53. The lowest BCUT2D eigenvalue weighted by atomic mass is 9.73. The predicted molar refractivity (Wildman–Crippen MR) is 205 cm³/mol. The van der Waals surface area contributed by atoms with Gasteiger partial charge in [0.2, 0.25) is 17.6 Å². The molecule has 0 aromatic rings. The van der Waals surface area contributed by atoms with Crippen LogP contribution in [0.5, 0.6) is 0 Å². The summed E-state index contributed by atoms with van der Waals surface area (Å²) in [7, 11) is 0. The Labute approximate surface area is 318 Å². The van der Waals surface area contributed by atoms with Gasteiger partial charge in [0.15, 0.2) is 17.3 Å². The van der Waals surface area contributed by atoms with Crippen LogP contribution in [0.1, 0.15) is 157 Å². The molecule has 2 saturated heterocycles. The largest absolute Gasteiger partial charge is 0.346 e. The monoisotopic (exact) mass is 736 g/mol. The van der Waals surface area contributed by atoms with Crippen LogP contribution >= 0.6 is 0 Å². The molecule has 0 aromatic heterocycles. The van der Waals surface area contributed by atoms with Crippen LogP contribution in [0.3, 0.4) is 0 Å². The van der Waals surface area contributed by atoms with E-state index in [9.17, 15) is 24.0 Å². The molecule has 6 rings (SSSR count). The summed E-state index contributed by atoms with van der Waals surface area (Å²) in [6.45, 7) is 14.6. The van der Waals surface area contributed by atoms with Gasteiger partial charge >= 0.3 is 0 Å². The minimum atomic E-state index is -0.681. The molecule has 2 amide bonds. The molecule has 0 aromatic carbocycles. The smallest absolute Gasteiger partial charge is 0.227 e. The van der Waals surface area contributed by atoms with Crippen molar-refractivity contribution < 1.29 is 28.8 Å². The number of likely N-dealkylation sites (tertiary alicyclic amines) is 1. The van der Waals surface area contributed by atoms with Crippen LogP contribution in [-0.2, 0) is 28.8 Å². The Morgan fingerprint density at radius 1 is 0.868 bits per heavy atom. The van der Waals surface area contributed by atoms with Crippen LogP contribution in [0.2, 0.25) is 0 Å². The highest BCUT2D eigenvalue weighted by Gasteiger charge is 2.85. The first-order chi connectivity index (χ1) is 25.1. The molecule has 4 aliphatic carbocycles. The van der Waals surface area contributed by atoms with E-state index in [0.29, 0.717) is 38.3 Å². The summed E-state index contributed by atoms with van der Waals surface area (Å²) in [5.74, 6) is -2.34. The number of rotatable bonds is 16. The van der Waals surface area contributed by atoms with E-state index < -0.39 is 35.1 Å². The van der Waals surface area contributed by atoms with E-state index in [-0.39, 0.29) is 76.5 Å². The summed E-state index contributed by atoms with van der Waals surface area (Å²) >= 11 is 0. The van der Waals surface area contributed by atoms with Gasteiger partial charge in [-0.25, -0.2) is 0 Å². The van der Waals surface area contributed by atoms with Gasteiger partial charge in [-0.15, -0.1) is 0 Å². The molecule has 6 atom stereocenters. The Morgan fingerprint density at radius 3 is 2.11 bits per heavy atom. The van der Waals surface area contributed by atoms with Crippen LogP contribution in [0.4, 0.5) is 0 Å². The summed E-state index contributed by atoms with van der Waals surface area (Å²) in [5.41, 5.74) is -0.682. The molecule has 9 nitrogen and oxygen atoms in total. The number of nitrogens with one attached hydrogen (secondary N) is 2. The van der Waals surface area contributed by atoms with E-state index in [1.807, 2.05) is 32.6 Å². The van der Waals surface area contributed by atoms with Crippen molar-refractivity contribution in [3.63, 3.8) is 0 Å². The molecule has 0 bridgehead atoms. The fourth-order valence-corrected chi connectivity index (χ4v) is 11.7. The molecule has 6 aliphatic rings. The van der Waals surface area contributed by atoms with Crippen LogP contribution < -0.4 is 10.6 Å². The van der Waals surface area contributed by atoms with Crippen molar-refractivity contribution >= 4 is 34.9 Å². The fraction of sp³-hybridized carbons (Fsp3) is 0.864. The highest BCUT2D eigenvalue weighted by molar-refractivity contribution is 6.38. The summed E-state index contributed by atoms with van der Waals surface area (Å²) < 4.78 is 0. The Balaban J connectivity index is 1.25. The van der Waals surface area contributed by atoms with Gasteiger partial charge in [-0.3, -0.25) is 28.8 Å². The quantitative estimate of drug-likeness (QED) is 0.167. The number of nitrogens with zero attached hydrogens (tertiary/aromatic N) is 1. The SMILES string of the molecule is CCC[C@H](CC(=O)[C@@H]1C[C@@]2(CN1C(=O)[C@@H](CC(=O)[C@@H](NC(=O)[C@@H]1CCCNC1)C1CCCCC1)C(C)(C)C)C(C)(C)C21CCC1)C(=O)C(=O)CC1CC1. The number of piperidine rings is 1. The van der Waals surface area contributed by atoms with Crippen LogP contribution in [0, 0.1) is 51.2 Å². The average molecular weight is 736 g/mol. The first kappa shape index (κ1) is 40.2. The van der Waals surface area contributed by atoms with E-state index in [1.165, 1.54) is 0 Å². The Bertz CT molecular complexity index is 1430. The van der Waals surface area contributed by atoms with Crippen molar-refractivity contribution in [1.29, 1.82) is 0 Å². The lowest BCUT2D eigenvalue weighted by Gasteiger charge is -2.37. The molecule has 6 fully saturated rings. The molecule has 53 heavy (non-hydrogen) atoms. The Morgan fingerprint density at radius 2 is 1.57 bits per heavy atom. The average Bonchev–Trinajstić information content (AvgIpc) is 3.94. The third kappa shape index (κ3) is 7.72. The zero-order valence-electron chi connectivity index (χ0n) is 33.8. The second kappa shape index (κ2) is 15.6. The van der Waals surface area contributed by atoms with Crippen molar-refractivity contribution in [2.24, 2.45) is 51.2 Å². The minimum absolute atomic E-state index is 0.0122. The second-order valence-electron chi connectivity index (χ2n) is 19.9. The maximum atomic E-state index is 15.1. The van der Waals surface area contributed by atoms with Crippen molar-refractivity contribution in [3.05, 3.63) is 0 Å². The third-order valence-corrected chi connectivity index (χ3v) is 15.6. The first-order valence-electron chi connectivity index (χ1n) is 21.5. The van der Waals surface area contributed by atoms with E-state index in [1.54, 1.807) is 0 Å². The highest BCUT2D eigenvalue weighted by Crippen LogP contribution is 2.88. The molecule has 0 radical (unpaired) electrons. The van der Waals surface area contributed by atoms with Crippen molar-refractivity contribution in [2.45, 2.75) is 169 Å². The van der Waals surface area contributed by atoms with E-state index in [0.717, 1.165) is 83.6 Å². The summed E-state index contributed by atoms with van der Waals surface area (Å²) in [6, 6.07) is -1.31. The van der Waals surface area contributed by atoms with Crippen molar-refractivity contribution in [2.75, 3.05) is 19.6 Å². The molecule has 0 unspecified atom stereocenters. The predicted octanol–water partition coefficient (Wildman–Crippen LogP) is 6.78. The molecule has 2 aliphatic heterocycles. The molecule has 9 heteroatoms. The van der Waals surface area contributed by atoms with Gasteiger partial charge in [0.1, 0.15) is 0 Å². The highest BCUT2D eigenvalue weighted by atomic mass is 16.2. The number of fused-ring (bicyclic) bond motifs is 1. The van der Waals surface area contributed by atoms with Gasteiger partial charge in [-0.2, -0.15) is 0 Å². The summed E-state index contributed by atoms with van der Waals surface area (Å²) in [6.07, 6.45) is 14.0. The Hall–Kier alpha value is -2.42. The van der Waals surface area contributed by atoms with Gasteiger partial charge in [0.05, 0.1) is 18.0 Å². The lowest BCUT2D eigenvalue weighted by Crippen LogP contribution is -2.53. The molecule has 2 heterocycles. The van der Waals surface area contributed by atoms with Gasteiger partial charge < -0.3 is 15.5 Å². The zero-order chi connectivity index (χ0) is 38.3. The van der Waals surface area contributed by atoms with Gasteiger partial charge in [-0.1, -0.05) is 73.6 Å². The number of hydrogen-bond acceptors (Lipinski definition) is 7. The second-order valence-corrected chi connectivity index (χ2v) is 19.9. The Kier molecular flexibility index (Phi) is 11.9. The van der Waals surface area contributed by atoms with Crippen molar-refractivity contribution in [3.8, 4) is 0 Å². The number of carbonyl (C=O) groups excluding carboxylic acids is 6. The third-order valence-electron chi connectivity index (χ3n) is 15.6. The normalized spacial score (nSPS) is 29.6. The number of hydrogen-bond donors (Lipinski definition) is 2. The number of amides is 2. The zero-order valence-corrected chi connectivity index (χ0v) is 33.8. The van der Waals surface area contributed by atoms with E-state index >= 15 is 4.79 Å². The van der Waals surface area contributed by atoms with Crippen LogP contribution in [-0.4, -0.2) is 71.6 Å². The first-order valence-corrected chi connectivity index (χ1v) is 21.5. The maximum absolute atomic E-state index is 15.1. The molecule has 296 valence electrons. The number of carbonyl (C=O) groups is 6. The maximum Gasteiger partial charge on any atom is 0.227 e. The van der Waals surface area contributed by atoms with E-state index in [2.05, 4.69) is 24.5 Å². The number of Topliss-reactive ketones (excluding diaryl/α,β-unsaturated/α-hetero) is 4. The molecular formula is C44H69N3O6. The standard InChI is InChI=1S/C44H69N3O6/c1-7-13-30(38(51)36(50)22-28-17-18-28)23-34(48)33-25-44(42(5,6)43(44)19-12-20-43)27-47(33)40(53)32(41(2,3)4)24-35(49)37(29-14-9-8-10-15-29)46-39(52)31-16-11-21-45-26-31/h28-33,37,45H,7-27H2,1-6H3,(H,46,52)/t30-,31-,32-,33+,37+,44-/m1/s1. The van der Waals surface area contributed by atoms with Crippen LogP contribution in [0.15, 0.2) is 0 Å². The van der Waals surface area contributed by atoms with E-state index in [4.69, 9.17) is 0 Å². The van der Waals surface area contributed by atoms with Crippen molar-refractivity contribution in [1.82, 2.24) is 15.5 Å². The van der Waals surface area contributed by atoms with Crippen LogP contribution in [0.25, 0.3) is 0 Å². The van der Waals surface area contributed by atoms with Gasteiger partial charge in [-0.05, 0) is 98.8 Å². The topological polar surface area (TPSA) is 130 Å². The molecule has 4 saturated carbocycles. The molecule has 2 spiro atoms. The summed E-state index contributed by atoms with van der Waals surface area (Å²) in [4.78, 5) is 86.0. The number of ketones is 4. The minimum Gasteiger partial charge on any atom is -0.346 e. The fourth-order valence-electron chi connectivity index (χ4n) is 11.7. The van der Waals surface area contributed by atoms with Gasteiger partial charge in [0.25, 0.3) is 0 Å². The molecule has 2 N–H and O–H groups in total. The molecular weight excluding hydrogens is 666 g/mol.